The molecule has 5 heteroatoms. The second-order valence-electron chi connectivity index (χ2n) is 7.82. The maximum atomic E-state index is 13.2. The Morgan fingerprint density at radius 2 is 2.08 bits per heavy atom. The number of amides is 3. The maximum Gasteiger partial charge on any atom is 0.321 e. The molecule has 3 aliphatic rings. The van der Waals surface area contributed by atoms with E-state index in [1.54, 1.807) is 4.90 Å². The first-order valence-corrected chi connectivity index (χ1v) is 9.60. The van der Waals surface area contributed by atoms with Crippen LogP contribution < -0.4 is 10.2 Å². The van der Waals surface area contributed by atoms with E-state index in [9.17, 15) is 9.59 Å². The number of carbonyl (C=O) groups excluding carboxylic acids is 2. The van der Waals surface area contributed by atoms with Gasteiger partial charge in [-0.05, 0) is 62.1 Å². The van der Waals surface area contributed by atoms with Crippen LogP contribution in [0.1, 0.15) is 49.4 Å². The van der Waals surface area contributed by atoms with E-state index in [-0.39, 0.29) is 11.9 Å². The summed E-state index contributed by atoms with van der Waals surface area (Å²) in [6.07, 6.45) is 5.97. The zero-order valence-corrected chi connectivity index (χ0v) is 14.9. The van der Waals surface area contributed by atoms with Crippen molar-refractivity contribution in [2.75, 3.05) is 24.5 Å². The van der Waals surface area contributed by atoms with Crippen LogP contribution in [-0.4, -0.2) is 42.5 Å². The number of benzene rings is 1. The minimum absolute atomic E-state index is 0.0797. The summed E-state index contributed by atoms with van der Waals surface area (Å²) in [6, 6.07) is 7.87. The molecule has 2 heterocycles. The lowest BCUT2D eigenvalue weighted by molar-refractivity contribution is 0.0322. The lowest BCUT2D eigenvalue weighted by atomic mass is 9.74. The molecule has 0 bridgehead atoms. The average molecular weight is 341 g/mol. The molecule has 2 saturated heterocycles. The SMILES string of the molecule is C[C@@H]1CC[C@H]2[C@H](CCCN2C(=O)c2cccc(N3CCNC3=O)c2)C1. The van der Waals surface area contributed by atoms with Crippen molar-refractivity contribution in [2.45, 2.75) is 45.1 Å². The van der Waals surface area contributed by atoms with E-state index in [4.69, 9.17) is 0 Å². The van der Waals surface area contributed by atoms with Gasteiger partial charge in [-0.1, -0.05) is 13.0 Å². The van der Waals surface area contributed by atoms with E-state index in [1.165, 1.54) is 19.3 Å². The first kappa shape index (κ1) is 16.4. The van der Waals surface area contributed by atoms with Gasteiger partial charge in [-0.15, -0.1) is 0 Å². The average Bonchev–Trinajstić information content (AvgIpc) is 3.06. The van der Waals surface area contributed by atoms with Crippen molar-refractivity contribution in [2.24, 2.45) is 11.8 Å². The van der Waals surface area contributed by atoms with Crippen LogP contribution in [0.3, 0.4) is 0 Å². The highest BCUT2D eigenvalue weighted by atomic mass is 16.2. The highest BCUT2D eigenvalue weighted by Crippen LogP contribution is 2.38. The van der Waals surface area contributed by atoms with Gasteiger partial charge in [-0.3, -0.25) is 9.69 Å². The van der Waals surface area contributed by atoms with E-state index < -0.39 is 0 Å². The molecule has 134 valence electrons. The summed E-state index contributed by atoms with van der Waals surface area (Å²) < 4.78 is 0. The number of fused-ring (bicyclic) bond motifs is 1. The standard InChI is InChI=1S/C20H27N3O2/c1-14-7-8-18-15(12-14)5-3-10-23(18)19(24)16-4-2-6-17(13-16)22-11-9-21-20(22)25/h2,4,6,13-15,18H,3,5,7-12H2,1H3,(H,21,25)/t14-,15-,18+/m1/s1. The Labute approximate surface area is 149 Å². The molecule has 25 heavy (non-hydrogen) atoms. The molecule has 1 saturated carbocycles. The van der Waals surface area contributed by atoms with Crippen LogP contribution in [0.2, 0.25) is 0 Å². The Morgan fingerprint density at radius 3 is 2.88 bits per heavy atom. The molecule has 0 radical (unpaired) electrons. The van der Waals surface area contributed by atoms with Crippen LogP contribution in [0, 0.1) is 11.8 Å². The Morgan fingerprint density at radius 1 is 1.20 bits per heavy atom. The number of nitrogens with one attached hydrogen (secondary N) is 1. The van der Waals surface area contributed by atoms with Gasteiger partial charge in [-0.25, -0.2) is 4.79 Å². The van der Waals surface area contributed by atoms with E-state index >= 15 is 0 Å². The monoisotopic (exact) mass is 341 g/mol. The fraction of sp³-hybridized carbons (Fsp3) is 0.600. The highest BCUT2D eigenvalue weighted by Gasteiger charge is 2.38. The van der Waals surface area contributed by atoms with Crippen LogP contribution in [-0.2, 0) is 0 Å². The van der Waals surface area contributed by atoms with Crippen molar-refractivity contribution >= 4 is 17.6 Å². The van der Waals surface area contributed by atoms with E-state index in [1.807, 2.05) is 24.3 Å². The number of urea groups is 1. The van der Waals surface area contributed by atoms with Crippen LogP contribution in [0.4, 0.5) is 10.5 Å². The van der Waals surface area contributed by atoms with Gasteiger partial charge in [0, 0.05) is 36.9 Å². The molecule has 0 spiro atoms. The molecule has 0 aromatic heterocycles. The number of likely N-dealkylation sites (tertiary alicyclic amines) is 1. The van der Waals surface area contributed by atoms with Crippen molar-refractivity contribution in [1.29, 1.82) is 0 Å². The van der Waals surface area contributed by atoms with Crippen molar-refractivity contribution in [3.05, 3.63) is 29.8 Å². The van der Waals surface area contributed by atoms with Crippen molar-refractivity contribution in [3.63, 3.8) is 0 Å². The molecule has 1 aromatic carbocycles. The normalized spacial score (nSPS) is 29.3. The molecule has 3 amide bonds. The van der Waals surface area contributed by atoms with Gasteiger partial charge in [-0.2, -0.15) is 0 Å². The van der Waals surface area contributed by atoms with Crippen molar-refractivity contribution in [3.8, 4) is 0 Å². The largest absolute Gasteiger partial charge is 0.336 e. The lowest BCUT2D eigenvalue weighted by Crippen LogP contribution is -2.50. The van der Waals surface area contributed by atoms with Gasteiger partial charge in [0.2, 0.25) is 0 Å². The Hall–Kier alpha value is -2.04. The summed E-state index contributed by atoms with van der Waals surface area (Å²) in [7, 11) is 0. The molecular weight excluding hydrogens is 314 g/mol. The summed E-state index contributed by atoms with van der Waals surface area (Å²) in [5.41, 5.74) is 1.52. The molecule has 3 fully saturated rings. The topological polar surface area (TPSA) is 52.7 Å². The Balaban J connectivity index is 1.55. The fourth-order valence-electron chi connectivity index (χ4n) is 4.84. The van der Waals surface area contributed by atoms with Gasteiger partial charge in [0.05, 0.1) is 0 Å². The summed E-state index contributed by atoms with van der Waals surface area (Å²) >= 11 is 0. The zero-order chi connectivity index (χ0) is 17.4. The van der Waals surface area contributed by atoms with Crippen LogP contribution in [0.25, 0.3) is 0 Å². The highest BCUT2D eigenvalue weighted by molar-refractivity contribution is 5.98. The summed E-state index contributed by atoms with van der Waals surface area (Å²) in [4.78, 5) is 28.9. The number of carbonyl (C=O) groups is 2. The Kier molecular flexibility index (Phi) is 4.40. The molecule has 3 atom stereocenters. The third-order valence-electron chi connectivity index (χ3n) is 6.10. The van der Waals surface area contributed by atoms with Gasteiger partial charge in [0.15, 0.2) is 0 Å². The second-order valence-corrected chi connectivity index (χ2v) is 7.82. The third kappa shape index (κ3) is 3.12. The number of nitrogens with zero attached hydrogens (tertiary/aromatic N) is 2. The molecule has 1 N–H and O–H groups in total. The summed E-state index contributed by atoms with van der Waals surface area (Å²) in [6.45, 7) is 4.51. The predicted octanol–water partition coefficient (Wildman–Crippen LogP) is 3.26. The number of anilines is 1. The van der Waals surface area contributed by atoms with Gasteiger partial charge >= 0.3 is 6.03 Å². The first-order valence-electron chi connectivity index (χ1n) is 9.60. The molecule has 0 unspecified atom stereocenters. The minimum Gasteiger partial charge on any atom is -0.336 e. The number of rotatable bonds is 2. The number of hydrogen-bond donors (Lipinski definition) is 1. The number of hydrogen-bond acceptors (Lipinski definition) is 2. The second kappa shape index (κ2) is 6.70. The Bertz CT molecular complexity index is 675. The molecule has 4 rings (SSSR count). The zero-order valence-electron chi connectivity index (χ0n) is 14.9. The number of piperidine rings is 1. The smallest absolute Gasteiger partial charge is 0.321 e. The molecular formula is C20H27N3O2. The van der Waals surface area contributed by atoms with Crippen molar-refractivity contribution < 1.29 is 9.59 Å². The quantitative estimate of drug-likeness (QED) is 0.898. The fourth-order valence-corrected chi connectivity index (χ4v) is 4.84. The van der Waals surface area contributed by atoms with E-state index in [0.717, 1.165) is 31.0 Å². The molecule has 2 aliphatic heterocycles. The third-order valence-corrected chi connectivity index (χ3v) is 6.10. The minimum atomic E-state index is -0.0797. The lowest BCUT2D eigenvalue weighted by Gasteiger charge is -2.45. The van der Waals surface area contributed by atoms with Gasteiger partial charge in [0.1, 0.15) is 0 Å². The van der Waals surface area contributed by atoms with Crippen LogP contribution >= 0.6 is 0 Å². The first-order chi connectivity index (χ1) is 12.1. The van der Waals surface area contributed by atoms with Crippen molar-refractivity contribution in [1.82, 2.24) is 10.2 Å². The van der Waals surface area contributed by atoms with E-state index in [2.05, 4.69) is 17.1 Å². The van der Waals surface area contributed by atoms with Crippen LogP contribution in [0.15, 0.2) is 24.3 Å². The molecule has 1 aliphatic carbocycles. The van der Waals surface area contributed by atoms with Gasteiger partial charge in [0.25, 0.3) is 5.91 Å². The predicted molar refractivity (Wildman–Crippen MR) is 97.8 cm³/mol. The molecule has 1 aromatic rings. The summed E-state index contributed by atoms with van der Waals surface area (Å²) in [5, 5.41) is 2.81. The van der Waals surface area contributed by atoms with Crippen LogP contribution in [0.5, 0.6) is 0 Å². The molecule has 5 nitrogen and oxygen atoms in total. The maximum absolute atomic E-state index is 13.2. The van der Waals surface area contributed by atoms with Gasteiger partial charge < -0.3 is 10.2 Å². The summed E-state index contributed by atoms with van der Waals surface area (Å²) in [5.74, 6) is 1.58. The van der Waals surface area contributed by atoms with E-state index in [0.29, 0.717) is 30.6 Å².